The summed E-state index contributed by atoms with van der Waals surface area (Å²) in [6.07, 6.45) is 5.59. The topological polar surface area (TPSA) is 55.6 Å². The van der Waals surface area contributed by atoms with Gasteiger partial charge in [0.05, 0.1) is 17.4 Å². The van der Waals surface area contributed by atoms with Gasteiger partial charge in [0.25, 0.3) is 0 Å². The molecule has 1 N–H and O–H groups in total. The van der Waals surface area contributed by atoms with Gasteiger partial charge in [-0.3, -0.25) is 9.67 Å². The van der Waals surface area contributed by atoms with Crippen molar-refractivity contribution in [3.05, 3.63) is 53.9 Å². The lowest BCUT2D eigenvalue weighted by Crippen LogP contribution is -2.33. The van der Waals surface area contributed by atoms with Gasteiger partial charge in [-0.2, -0.15) is 5.10 Å². The highest BCUT2D eigenvalue weighted by Crippen LogP contribution is 2.21. The van der Waals surface area contributed by atoms with Gasteiger partial charge < -0.3 is 5.32 Å². The van der Waals surface area contributed by atoms with E-state index < -0.39 is 0 Å². The van der Waals surface area contributed by atoms with Crippen molar-refractivity contribution in [2.45, 2.75) is 32.5 Å². The van der Waals surface area contributed by atoms with Crippen molar-refractivity contribution < 1.29 is 0 Å². The lowest BCUT2D eigenvalue weighted by atomic mass is 10.2. The van der Waals surface area contributed by atoms with Crippen LogP contribution in [0.4, 0.5) is 0 Å². The van der Waals surface area contributed by atoms with E-state index in [1.54, 1.807) is 17.5 Å². The van der Waals surface area contributed by atoms with Gasteiger partial charge in [-0.05, 0) is 32.0 Å². The van der Waals surface area contributed by atoms with Crippen molar-refractivity contribution in [1.82, 2.24) is 25.1 Å². The molecule has 3 heterocycles. The summed E-state index contributed by atoms with van der Waals surface area (Å²) in [5.74, 6) is 0. The second-order valence-corrected chi connectivity index (χ2v) is 6.11. The molecule has 0 aliphatic carbocycles. The molecule has 0 radical (unpaired) electrons. The van der Waals surface area contributed by atoms with E-state index in [1.807, 2.05) is 41.3 Å². The lowest BCUT2D eigenvalue weighted by molar-refractivity contribution is 0.364. The van der Waals surface area contributed by atoms with Crippen molar-refractivity contribution >= 4 is 11.3 Å². The molecule has 3 aromatic rings. The second-order valence-electron chi connectivity index (χ2n) is 5.26. The standard InChI is InChI=1S/C16H19N5S/c1-12(13(2)21-9-5-8-19-21)18-10-14-11-22-16(20-14)15-6-3-4-7-17-15/h3-9,11-13,18H,10H2,1-2H3. The minimum atomic E-state index is 0.295. The van der Waals surface area contributed by atoms with E-state index in [-0.39, 0.29) is 0 Å². The molecule has 0 saturated carbocycles. The average molecular weight is 313 g/mol. The molecular weight excluding hydrogens is 294 g/mol. The molecule has 5 nitrogen and oxygen atoms in total. The van der Waals surface area contributed by atoms with Crippen LogP contribution in [0.15, 0.2) is 48.2 Å². The zero-order valence-electron chi connectivity index (χ0n) is 12.7. The predicted octanol–water partition coefficient (Wildman–Crippen LogP) is 3.14. The Morgan fingerprint density at radius 3 is 2.86 bits per heavy atom. The molecule has 0 amide bonds. The highest BCUT2D eigenvalue weighted by molar-refractivity contribution is 7.13. The van der Waals surface area contributed by atoms with Crippen molar-refractivity contribution in [3.8, 4) is 10.7 Å². The van der Waals surface area contributed by atoms with Crippen LogP contribution in [0, 0.1) is 0 Å². The quantitative estimate of drug-likeness (QED) is 0.759. The molecule has 2 atom stereocenters. The first-order valence-electron chi connectivity index (χ1n) is 7.32. The minimum absolute atomic E-state index is 0.295. The van der Waals surface area contributed by atoms with Crippen molar-refractivity contribution in [2.24, 2.45) is 0 Å². The number of thiazole rings is 1. The molecule has 22 heavy (non-hydrogen) atoms. The van der Waals surface area contributed by atoms with E-state index in [0.29, 0.717) is 12.1 Å². The van der Waals surface area contributed by atoms with E-state index >= 15 is 0 Å². The summed E-state index contributed by atoms with van der Waals surface area (Å²) in [5, 5.41) is 10.9. The summed E-state index contributed by atoms with van der Waals surface area (Å²) < 4.78 is 1.97. The third-order valence-corrected chi connectivity index (χ3v) is 4.62. The van der Waals surface area contributed by atoms with E-state index in [9.17, 15) is 0 Å². The summed E-state index contributed by atoms with van der Waals surface area (Å²) in [6.45, 7) is 5.07. The Kier molecular flexibility index (Phi) is 4.60. The first kappa shape index (κ1) is 14.9. The third-order valence-electron chi connectivity index (χ3n) is 3.71. The zero-order chi connectivity index (χ0) is 15.4. The summed E-state index contributed by atoms with van der Waals surface area (Å²) >= 11 is 1.63. The van der Waals surface area contributed by atoms with Crippen LogP contribution >= 0.6 is 11.3 Å². The highest BCUT2D eigenvalue weighted by atomic mass is 32.1. The fourth-order valence-corrected chi connectivity index (χ4v) is 2.98. The first-order valence-corrected chi connectivity index (χ1v) is 8.20. The fourth-order valence-electron chi connectivity index (χ4n) is 2.18. The maximum Gasteiger partial charge on any atom is 0.142 e. The number of nitrogens with one attached hydrogen (secondary N) is 1. The van der Waals surface area contributed by atoms with Gasteiger partial charge in [0.2, 0.25) is 0 Å². The van der Waals surface area contributed by atoms with Crippen LogP contribution in [0.2, 0.25) is 0 Å². The van der Waals surface area contributed by atoms with Crippen molar-refractivity contribution in [2.75, 3.05) is 0 Å². The van der Waals surface area contributed by atoms with Crippen LogP contribution in [0.1, 0.15) is 25.6 Å². The monoisotopic (exact) mass is 313 g/mol. The van der Waals surface area contributed by atoms with E-state index in [0.717, 1.165) is 22.9 Å². The number of nitrogens with zero attached hydrogens (tertiary/aromatic N) is 4. The molecule has 3 aromatic heterocycles. The lowest BCUT2D eigenvalue weighted by Gasteiger charge is -2.21. The Balaban J connectivity index is 1.59. The SMILES string of the molecule is CC(NCc1csc(-c2ccccn2)n1)C(C)n1cccn1. The Bertz CT molecular complexity index is 692. The molecule has 0 aliphatic rings. The summed E-state index contributed by atoms with van der Waals surface area (Å²) in [6, 6.07) is 8.43. The van der Waals surface area contributed by atoms with Crippen LogP contribution in [0.25, 0.3) is 10.7 Å². The molecule has 0 aromatic carbocycles. The van der Waals surface area contributed by atoms with Crippen molar-refractivity contribution in [1.29, 1.82) is 0 Å². The van der Waals surface area contributed by atoms with Gasteiger partial charge in [-0.1, -0.05) is 6.07 Å². The molecule has 0 saturated heterocycles. The van der Waals surface area contributed by atoms with Crippen LogP contribution in [0.3, 0.4) is 0 Å². The average Bonchev–Trinajstić information content (AvgIpc) is 3.24. The Morgan fingerprint density at radius 1 is 1.23 bits per heavy atom. The summed E-state index contributed by atoms with van der Waals surface area (Å²) in [5.41, 5.74) is 1.97. The normalized spacial score (nSPS) is 13.9. The number of rotatable bonds is 6. The largest absolute Gasteiger partial charge is 0.306 e. The van der Waals surface area contributed by atoms with E-state index in [2.05, 4.69) is 39.6 Å². The molecule has 0 fully saturated rings. The fraction of sp³-hybridized carbons (Fsp3) is 0.312. The second kappa shape index (κ2) is 6.81. The third kappa shape index (κ3) is 3.40. The first-order chi connectivity index (χ1) is 10.7. The molecule has 2 unspecified atom stereocenters. The smallest absolute Gasteiger partial charge is 0.142 e. The molecule has 114 valence electrons. The highest BCUT2D eigenvalue weighted by Gasteiger charge is 2.14. The van der Waals surface area contributed by atoms with E-state index in [1.165, 1.54) is 0 Å². The van der Waals surface area contributed by atoms with Crippen LogP contribution in [-0.4, -0.2) is 25.8 Å². The molecule has 6 heteroatoms. The molecule has 0 aliphatic heterocycles. The maximum atomic E-state index is 4.65. The van der Waals surface area contributed by atoms with Crippen molar-refractivity contribution in [3.63, 3.8) is 0 Å². The number of hydrogen-bond donors (Lipinski definition) is 1. The van der Waals surface area contributed by atoms with Crippen LogP contribution in [0.5, 0.6) is 0 Å². The van der Waals surface area contributed by atoms with E-state index in [4.69, 9.17) is 0 Å². The van der Waals surface area contributed by atoms with Gasteiger partial charge in [-0.15, -0.1) is 11.3 Å². The number of aromatic nitrogens is 4. The van der Waals surface area contributed by atoms with Gasteiger partial charge in [0.1, 0.15) is 5.01 Å². The predicted molar refractivity (Wildman–Crippen MR) is 88.6 cm³/mol. The Morgan fingerprint density at radius 2 is 2.14 bits per heavy atom. The molecule has 0 bridgehead atoms. The van der Waals surface area contributed by atoms with Gasteiger partial charge in [-0.25, -0.2) is 4.98 Å². The number of hydrogen-bond acceptors (Lipinski definition) is 5. The molecule has 3 rings (SSSR count). The summed E-state index contributed by atoms with van der Waals surface area (Å²) in [7, 11) is 0. The molecule has 0 spiro atoms. The summed E-state index contributed by atoms with van der Waals surface area (Å²) in [4.78, 5) is 8.98. The maximum absolute atomic E-state index is 4.65. The van der Waals surface area contributed by atoms with Crippen LogP contribution < -0.4 is 5.32 Å². The number of pyridine rings is 1. The van der Waals surface area contributed by atoms with Gasteiger partial charge in [0, 0.05) is 36.6 Å². The molecular formula is C16H19N5S. The Labute approximate surface area is 134 Å². The zero-order valence-corrected chi connectivity index (χ0v) is 13.5. The van der Waals surface area contributed by atoms with Gasteiger partial charge in [0.15, 0.2) is 0 Å². The van der Waals surface area contributed by atoms with Gasteiger partial charge >= 0.3 is 0 Å². The Hall–Kier alpha value is -2.05. The van der Waals surface area contributed by atoms with Crippen LogP contribution in [-0.2, 0) is 6.54 Å². The minimum Gasteiger partial charge on any atom is -0.306 e.